The number of pyridine rings is 1. The SMILES string of the molecule is COc1ccc(CNc2c(-c3ccccc3O)nc3cccc(F)n23)cc1. The standard InChI is InChI=1S/C21H18FN3O2/c1-27-15-11-9-14(10-12-15)13-23-21-20(16-5-2-3-6-17(16)26)24-19-8-4-7-18(22)25(19)21/h2-12,23,26H,13H2,1H3. The zero-order valence-electron chi connectivity index (χ0n) is 14.7. The van der Waals surface area contributed by atoms with Crippen LogP contribution in [0.4, 0.5) is 10.2 Å². The van der Waals surface area contributed by atoms with Gasteiger partial charge in [0.1, 0.15) is 28.7 Å². The monoisotopic (exact) mass is 363 g/mol. The Morgan fingerprint density at radius 2 is 1.81 bits per heavy atom. The maximum Gasteiger partial charge on any atom is 0.201 e. The highest BCUT2D eigenvalue weighted by atomic mass is 19.1. The van der Waals surface area contributed by atoms with Crippen molar-refractivity contribution in [3.8, 4) is 22.8 Å². The van der Waals surface area contributed by atoms with Crippen molar-refractivity contribution in [1.29, 1.82) is 0 Å². The molecule has 0 atom stereocenters. The van der Waals surface area contributed by atoms with Crippen LogP contribution in [0.5, 0.6) is 11.5 Å². The molecule has 6 heteroatoms. The lowest BCUT2D eigenvalue weighted by Gasteiger charge is -2.11. The molecule has 0 spiro atoms. The highest BCUT2D eigenvalue weighted by Crippen LogP contribution is 2.35. The van der Waals surface area contributed by atoms with Crippen LogP contribution >= 0.6 is 0 Å². The molecule has 0 fully saturated rings. The van der Waals surface area contributed by atoms with Gasteiger partial charge in [-0.25, -0.2) is 4.98 Å². The first kappa shape index (κ1) is 16.9. The fourth-order valence-electron chi connectivity index (χ4n) is 3.01. The number of halogens is 1. The number of phenols is 1. The number of rotatable bonds is 5. The number of aromatic nitrogens is 2. The van der Waals surface area contributed by atoms with E-state index >= 15 is 0 Å². The number of methoxy groups -OCH3 is 1. The van der Waals surface area contributed by atoms with Crippen molar-refractivity contribution in [2.24, 2.45) is 0 Å². The van der Waals surface area contributed by atoms with Gasteiger partial charge in [0.25, 0.3) is 0 Å². The fraction of sp³-hybridized carbons (Fsp3) is 0.0952. The topological polar surface area (TPSA) is 58.8 Å². The third-order valence-electron chi connectivity index (χ3n) is 4.37. The molecule has 0 bridgehead atoms. The molecule has 27 heavy (non-hydrogen) atoms. The minimum Gasteiger partial charge on any atom is -0.507 e. The maximum atomic E-state index is 14.5. The van der Waals surface area contributed by atoms with Gasteiger partial charge in [0.15, 0.2) is 0 Å². The summed E-state index contributed by atoms with van der Waals surface area (Å²) in [5.41, 5.74) is 2.50. The second-order valence-electron chi connectivity index (χ2n) is 6.07. The second-order valence-corrected chi connectivity index (χ2v) is 6.07. The Kier molecular flexibility index (Phi) is 4.38. The Morgan fingerprint density at radius 1 is 1.04 bits per heavy atom. The normalized spacial score (nSPS) is 10.9. The first-order valence-electron chi connectivity index (χ1n) is 8.49. The number of phenolic OH excluding ortho intramolecular Hbond substituents is 1. The number of para-hydroxylation sites is 1. The summed E-state index contributed by atoms with van der Waals surface area (Å²) >= 11 is 0. The van der Waals surface area contributed by atoms with Gasteiger partial charge >= 0.3 is 0 Å². The molecule has 0 aliphatic carbocycles. The summed E-state index contributed by atoms with van der Waals surface area (Å²) in [4.78, 5) is 4.52. The average molecular weight is 363 g/mol. The van der Waals surface area contributed by atoms with Crippen LogP contribution in [0.15, 0.2) is 66.7 Å². The predicted octanol–water partition coefficient (Wildman–Crippen LogP) is 4.47. The van der Waals surface area contributed by atoms with Crippen molar-refractivity contribution < 1.29 is 14.2 Å². The van der Waals surface area contributed by atoms with Crippen molar-refractivity contribution in [1.82, 2.24) is 9.38 Å². The Balaban J connectivity index is 1.77. The van der Waals surface area contributed by atoms with Gasteiger partial charge < -0.3 is 15.2 Å². The number of hydrogen-bond donors (Lipinski definition) is 2. The van der Waals surface area contributed by atoms with E-state index in [2.05, 4.69) is 10.3 Å². The highest BCUT2D eigenvalue weighted by molar-refractivity contribution is 5.80. The van der Waals surface area contributed by atoms with Crippen molar-refractivity contribution in [2.75, 3.05) is 12.4 Å². The molecule has 0 aliphatic rings. The molecule has 0 aliphatic heterocycles. The van der Waals surface area contributed by atoms with Gasteiger partial charge in [-0.05, 0) is 42.0 Å². The molecule has 2 aromatic carbocycles. The van der Waals surface area contributed by atoms with Gasteiger partial charge in [-0.1, -0.05) is 30.3 Å². The first-order valence-corrected chi connectivity index (χ1v) is 8.49. The smallest absolute Gasteiger partial charge is 0.201 e. The molecular weight excluding hydrogens is 345 g/mol. The van der Waals surface area contributed by atoms with E-state index in [0.717, 1.165) is 11.3 Å². The van der Waals surface area contributed by atoms with Crippen LogP contribution in [0.25, 0.3) is 16.9 Å². The summed E-state index contributed by atoms with van der Waals surface area (Å²) in [6.45, 7) is 0.465. The Labute approximate surface area is 155 Å². The number of benzene rings is 2. The van der Waals surface area contributed by atoms with Crippen LogP contribution in [-0.4, -0.2) is 21.6 Å². The molecular formula is C21H18FN3O2. The average Bonchev–Trinajstić information content (AvgIpc) is 3.07. The molecule has 136 valence electrons. The number of fused-ring (bicyclic) bond motifs is 1. The zero-order valence-corrected chi connectivity index (χ0v) is 14.7. The summed E-state index contributed by atoms with van der Waals surface area (Å²) < 4.78 is 21.1. The number of nitrogens with zero attached hydrogens (tertiary/aromatic N) is 2. The largest absolute Gasteiger partial charge is 0.507 e. The quantitative estimate of drug-likeness (QED) is 0.514. The lowest BCUT2D eigenvalue weighted by molar-refractivity contribution is 0.414. The number of imidazole rings is 1. The molecule has 0 saturated carbocycles. The number of anilines is 1. The Morgan fingerprint density at radius 3 is 2.56 bits per heavy atom. The molecule has 5 nitrogen and oxygen atoms in total. The summed E-state index contributed by atoms with van der Waals surface area (Å²) in [6.07, 6.45) is 0. The molecule has 2 N–H and O–H groups in total. The number of hydrogen-bond acceptors (Lipinski definition) is 4. The lowest BCUT2D eigenvalue weighted by atomic mass is 10.1. The maximum absolute atomic E-state index is 14.5. The molecule has 0 unspecified atom stereocenters. The van der Waals surface area contributed by atoms with Crippen molar-refractivity contribution >= 4 is 11.5 Å². The third-order valence-corrected chi connectivity index (χ3v) is 4.37. The number of ether oxygens (including phenoxy) is 1. The van der Waals surface area contributed by atoms with E-state index in [9.17, 15) is 9.50 Å². The summed E-state index contributed by atoms with van der Waals surface area (Å²) in [7, 11) is 1.62. The first-order chi connectivity index (χ1) is 13.2. The molecule has 4 rings (SSSR count). The van der Waals surface area contributed by atoms with Gasteiger partial charge in [-0.15, -0.1) is 0 Å². The molecule has 4 aromatic rings. The Hall–Kier alpha value is -3.54. The van der Waals surface area contributed by atoms with Crippen LogP contribution in [0.2, 0.25) is 0 Å². The molecule has 0 saturated heterocycles. The second kappa shape index (κ2) is 6.99. The van der Waals surface area contributed by atoms with Crippen LogP contribution in [0, 0.1) is 5.95 Å². The minimum atomic E-state index is -0.432. The van der Waals surface area contributed by atoms with Crippen LogP contribution < -0.4 is 10.1 Å². The van der Waals surface area contributed by atoms with Crippen molar-refractivity contribution in [2.45, 2.75) is 6.54 Å². The summed E-state index contributed by atoms with van der Waals surface area (Å²) in [6, 6.07) is 19.2. The van der Waals surface area contributed by atoms with Crippen LogP contribution in [0.3, 0.4) is 0 Å². The van der Waals surface area contributed by atoms with E-state index in [4.69, 9.17) is 4.74 Å². The minimum absolute atomic E-state index is 0.0915. The van der Waals surface area contributed by atoms with E-state index < -0.39 is 5.95 Å². The molecule has 2 heterocycles. The van der Waals surface area contributed by atoms with E-state index in [1.54, 1.807) is 37.4 Å². The van der Waals surface area contributed by atoms with Gasteiger partial charge in [0.05, 0.1) is 7.11 Å². The molecule has 0 amide bonds. The van der Waals surface area contributed by atoms with Gasteiger partial charge in [-0.3, -0.25) is 4.40 Å². The molecule has 0 radical (unpaired) electrons. The Bertz CT molecular complexity index is 1090. The van der Waals surface area contributed by atoms with Crippen molar-refractivity contribution in [3.05, 3.63) is 78.2 Å². The predicted molar refractivity (Wildman–Crippen MR) is 103 cm³/mol. The van der Waals surface area contributed by atoms with Gasteiger partial charge in [0.2, 0.25) is 5.95 Å². The summed E-state index contributed by atoms with van der Waals surface area (Å²) in [5, 5.41) is 13.5. The van der Waals surface area contributed by atoms with Gasteiger partial charge in [-0.2, -0.15) is 4.39 Å². The zero-order chi connectivity index (χ0) is 18.8. The van der Waals surface area contributed by atoms with Crippen LogP contribution in [-0.2, 0) is 6.54 Å². The van der Waals surface area contributed by atoms with Gasteiger partial charge in [0, 0.05) is 12.1 Å². The van der Waals surface area contributed by atoms with Crippen molar-refractivity contribution in [3.63, 3.8) is 0 Å². The highest BCUT2D eigenvalue weighted by Gasteiger charge is 2.18. The third kappa shape index (κ3) is 3.17. The summed E-state index contributed by atoms with van der Waals surface area (Å²) in [5.74, 6) is 0.919. The molecule has 2 aromatic heterocycles. The number of aromatic hydroxyl groups is 1. The van der Waals surface area contributed by atoms with E-state index in [0.29, 0.717) is 29.3 Å². The van der Waals surface area contributed by atoms with E-state index in [1.807, 2.05) is 30.3 Å². The lowest BCUT2D eigenvalue weighted by Crippen LogP contribution is -2.05. The van der Waals surface area contributed by atoms with Crippen LogP contribution in [0.1, 0.15) is 5.56 Å². The number of nitrogens with one attached hydrogen (secondary N) is 1. The van der Waals surface area contributed by atoms with E-state index in [-0.39, 0.29) is 5.75 Å². The fourth-order valence-corrected chi connectivity index (χ4v) is 3.01. The van der Waals surface area contributed by atoms with E-state index in [1.165, 1.54) is 10.5 Å².